The average Bonchev–Trinajstić information content (AvgIpc) is 3.21. The number of nitrogens with one attached hydrogen (secondary N) is 1. The Labute approximate surface area is 141 Å². The van der Waals surface area contributed by atoms with Crippen LogP contribution in [0.2, 0.25) is 0 Å². The predicted molar refractivity (Wildman–Crippen MR) is 88.4 cm³/mol. The van der Waals surface area contributed by atoms with Crippen molar-refractivity contribution >= 4 is 5.91 Å². The Kier molecular flexibility index (Phi) is 5.26. The minimum absolute atomic E-state index is 0.110. The second kappa shape index (κ2) is 7.58. The number of terminal acetylenes is 1. The lowest BCUT2D eigenvalue weighted by atomic mass is 10.0. The van der Waals surface area contributed by atoms with E-state index < -0.39 is 0 Å². The number of aromatic nitrogens is 2. The molecule has 1 N–H and O–H groups in total. The van der Waals surface area contributed by atoms with E-state index in [0.717, 1.165) is 39.0 Å². The molecule has 24 heavy (non-hydrogen) atoms. The summed E-state index contributed by atoms with van der Waals surface area (Å²) in [4.78, 5) is 12.2. The molecule has 3 heterocycles. The fourth-order valence-electron chi connectivity index (χ4n) is 2.92. The van der Waals surface area contributed by atoms with Gasteiger partial charge >= 0.3 is 0 Å². The topological polar surface area (TPSA) is 80.9 Å². The molecule has 1 aromatic heterocycles. The normalized spacial score (nSPS) is 19.0. The molecule has 0 saturated carbocycles. The molecule has 7 nitrogen and oxygen atoms in total. The van der Waals surface area contributed by atoms with Crippen LogP contribution in [0.1, 0.15) is 42.5 Å². The molecule has 7 heteroatoms. The Bertz CT molecular complexity index is 634. The van der Waals surface area contributed by atoms with Gasteiger partial charge in [0.05, 0.1) is 11.8 Å². The summed E-state index contributed by atoms with van der Waals surface area (Å²) in [5.74, 6) is 3.06. The van der Waals surface area contributed by atoms with Crippen LogP contribution in [0.15, 0.2) is 22.6 Å². The van der Waals surface area contributed by atoms with Gasteiger partial charge in [0.1, 0.15) is 0 Å². The molecule has 0 bridgehead atoms. The summed E-state index contributed by atoms with van der Waals surface area (Å²) in [7, 11) is 0. The SMILES string of the molecule is C#CCCC1(CCNC(=O)c2cnn(CC3CCOCC3)c2)N=N1. The molecule has 0 atom stereocenters. The van der Waals surface area contributed by atoms with Crippen molar-refractivity contribution in [1.29, 1.82) is 0 Å². The monoisotopic (exact) mass is 329 g/mol. The van der Waals surface area contributed by atoms with Gasteiger partial charge < -0.3 is 10.1 Å². The number of carbonyl (C=O) groups is 1. The maximum Gasteiger partial charge on any atom is 0.254 e. The second-order valence-electron chi connectivity index (χ2n) is 6.40. The number of hydrogen-bond acceptors (Lipinski definition) is 5. The quantitative estimate of drug-likeness (QED) is 0.741. The molecular formula is C17H23N5O2. The minimum Gasteiger partial charge on any atom is -0.381 e. The van der Waals surface area contributed by atoms with Crippen LogP contribution in [0.25, 0.3) is 0 Å². The number of amides is 1. The van der Waals surface area contributed by atoms with E-state index in [0.29, 0.717) is 30.9 Å². The Hall–Kier alpha value is -2.20. The summed E-state index contributed by atoms with van der Waals surface area (Å²) in [5, 5.41) is 15.3. The van der Waals surface area contributed by atoms with E-state index in [9.17, 15) is 4.79 Å². The lowest BCUT2D eigenvalue weighted by Gasteiger charge is -2.21. The smallest absolute Gasteiger partial charge is 0.254 e. The first-order chi connectivity index (χ1) is 11.7. The molecular weight excluding hydrogens is 306 g/mol. The molecule has 128 valence electrons. The third kappa shape index (κ3) is 4.42. The van der Waals surface area contributed by atoms with Gasteiger partial charge in [0, 0.05) is 51.8 Å². The highest BCUT2D eigenvalue weighted by atomic mass is 16.5. The summed E-state index contributed by atoms with van der Waals surface area (Å²) in [6, 6.07) is 0. The maximum atomic E-state index is 12.2. The van der Waals surface area contributed by atoms with Gasteiger partial charge in [-0.2, -0.15) is 15.3 Å². The Morgan fingerprint density at radius 1 is 1.42 bits per heavy atom. The Morgan fingerprint density at radius 2 is 2.21 bits per heavy atom. The zero-order chi connectivity index (χ0) is 16.8. The first-order valence-corrected chi connectivity index (χ1v) is 8.47. The molecule has 1 fully saturated rings. The van der Waals surface area contributed by atoms with Gasteiger partial charge in [-0.25, -0.2) is 0 Å². The van der Waals surface area contributed by atoms with Crippen molar-refractivity contribution in [2.75, 3.05) is 19.8 Å². The van der Waals surface area contributed by atoms with Crippen LogP contribution in [0.3, 0.4) is 0 Å². The van der Waals surface area contributed by atoms with E-state index >= 15 is 0 Å². The van der Waals surface area contributed by atoms with Crippen LogP contribution in [-0.4, -0.2) is 41.1 Å². The molecule has 2 aliphatic heterocycles. The van der Waals surface area contributed by atoms with Crippen LogP contribution in [0, 0.1) is 18.3 Å². The van der Waals surface area contributed by atoms with Crippen molar-refractivity contribution in [2.45, 2.75) is 44.3 Å². The molecule has 1 saturated heterocycles. The number of ether oxygens (including phenoxy) is 1. The Morgan fingerprint density at radius 3 is 2.92 bits per heavy atom. The second-order valence-corrected chi connectivity index (χ2v) is 6.40. The molecule has 3 rings (SSSR count). The molecule has 0 aliphatic carbocycles. The molecule has 0 radical (unpaired) electrons. The minimum atomic E-state index is -0.354. The predicted octanol–water partition coefficient (Wildman–Crippen LogP) is 2.01. The van der Waals surface area contributed by atoms with Crippen LogP contribution in [0.4, 0.5) is 0 Å². The van der Waals surface area contributed by atoms with Crippen LogP contribution in [-0.2, 0) is 11.3 Å². The zero-order valence-electron chi connectivity index (χ0n) is 13.8. The number of rotatable bonds is 8. The van der Waals surface area contributed by atoms with E-state index in [4.69, 9.17) is 11.2 Å². The highest BCUT2D eigenvalue weighted by Gasteiger charge is 2.38. The van der Waals surface area contributed by atoms with E-state index in [1.54, 1.807) is 6.20 Å². The highest BCUT2D eigenvalue weighted by Crippen LogP contribution is 2.36. The summed E-state index contributed by atoms with van der Waals surface area (Å²) >= 11 is 0. The van der Waals surface area contributed by atoms with Gasteiger partial charge in [0.2, 0.25) is 0 Å². The summed E-state index contributed by atoms with van der Waals surface area (Å²) in [6.07, 6.45) is 12.9. The van der Waals surface area contributed by atoms with Crippen molar-refractivity contribution in [3.63, 3.8) is 0 Å². The van der Waals surface area contributed by atoms with E-state index in [-0.39, 0.29) is 11.6 Å². The van der Waals surface area contributed by atoms with E-state index in [2.05, 4.69) is 26.6 Å². The van der Waals surface area contributed by atoms with Crippen molar-refractivity contribution in [3.8, 4) is 12.3 Å². The third-order valence-electron chi connectivity index (χ3n) is 4.55. The zero-order valence-corrected chi connectivity index (χ0v) is 13.8. The van der Waals surface area contributed by atoms with Gasteiger partial charge in [0.25, 0.3) is 5.91 Å². The molecule has 2 aliphatic rings. The number of carbonyl (C=O) groups excluding carboxylic acids is 1. The summed E-state index contributed by atoms with van der Waals surface area (Å²) < 4.78 is 7.21. The van der Waals surface area contributed by atoms with Gasteiger partial charge in [-0.3, -0.25) is 9.48 Å². The number of hydrogen-bond donors (Lipinski definition) is 1. The molecule has 0 spiro atoms. The lowest BCUT2D eigenvalue weighted by molar-refractivity contribution is 0.0601. The van der Waals surface area contributed by atoms with Gasteiger partial charge in [-0.1, -0.05) is 0 Å². The fourth-order valence-corrected chi connectivity index (χ4v) is 2.92. The Balaban J connectivity index is 1.41. The number of nitrogens with zero attached hydrogens (tertiary/aromatic N) is 4. The van der Waals surface area contributed by atoms with Crippen molar-refractivity contribution < 1.29 is 9.53 Å². The van der Waals surface area contributed by atoms with Crippen molar-refractivity contribution in [2.24, 2.45) is 16.1 Å². The van der Waals surface area contributed by atoms with Crippen molar-refractivity contribution in [3.05, 3.63) is 18.0 Å². The molecule has 1 aromatic rings. The average molecular weight is 329 g/mol. The van der Waals surface area contributed by atoms with Gasteiger partial charge in [-0.05, 0) is 18.8 Å². The molecule has 0 unspecified atom stereocenters. The van der Waals surface area contributed by atoms with Crippen molar-refractivity contribution in [1.82, 2.24) is 15.1 Å². The standard InChI is InChI=1S/C17H23N5O2/c1-2-3-6-17(20-21-17)7-8-18-16(23)15-11-19-22(13-15)12-14-4-9-24-10-5-14/h1,11,13-14H,3-10,12H2,(H,18,23). The van der Waals surface area contributed by atoms with E-state index in [1.165, 1.54) is 0 Å². The maximum absolute atomic E-state index is 12.2. The van der Waals surface area contributed by atoms with Crippen LogP contribution < -0.4 is 5.32 Å². The van der Waals surface area contributed by atoms with Gasteiger partial charge in [-0.15, -0.1) is 12.3 Å². The summed E-state index contributed by atoms with van der Waals surface area (Å²) in [6.45, 7) is 3.00. The largest absolute Gasteiger partial charge is 0.381 e. The highest BCUT2D eigenvalue weighted by molar-refractivity contribution is 5.93. The van der Waals surface area contributed by atoms with Crippen LogP contribution in [0.5, 0.6) is 0 Å². The first-order valence-electron chi connectivity index (χ1n) is 8.47. The van der Waals surface area contributed by atoms with Crippen LogP contribution >= 0.6 is 0 Å². The lowest BCUT2D eigenvalue weighted by Crippen LogP contribution is -2.28. The molecule has 0 aromatic carbocycles. The third-order valence-corrected chi connectivity index (χ3v) is 4.55. The van der Waals surface area contributed by atoms with Gasteiger partial charge in [0.15, 0.2) is 5.66 Å². The fraction of sp³-hybridized carbons (Fsp3) is 0.647. The summed E-state index contributed by atoms with van der Waals surface area (Å²) in [5.41, 5.74) is 0.233. The first kappa shape index (κ1) is 16.7. The van der Waals surface area contributed by atoms with E-state index in [1.807, 2.05) is 10.9 Å². The molecule has 1 amide bonds.